The van der Waals surface area contributed by atoms with Crippen LogP contribution in [0.25, 0.3) is 0 Å². The van der Waals surface area contributed by atoms with E-state index in [4.69, 9.17) is 16.7 Å². The van der Waals surface area contributed by atoms with Crippen molar-refractivity contribution in [2.24, 2.45) is 0 Å². The molecule has 0 aliphatic carbocycles. The van der Waals surface area contributed by atoms with Gasteiger partial charge in [0.05, 0.1) is 10.5 Å². The van der Waals surface area contributed by atoms with Crippen LogP contribution in [-0.4, -0.2) is 60.8 Å². The Labute approximate surface area is 139 Å². The molecule has 0 bridgehead atoms. The highest BCUT2D eigenvalue weighted by molar-refractivity contribution is 7.89. The minimum absolute atomic E-state index is 0.0451. The molecular formula is C14H17ClN2O5S. The Kier molecular flexibility index (Phi) is 5.28. The summed E-state index contributed by atoms with van der Waals surface area (Å²) in [5.74, 6) is -1.34. The van der Waals surface area contributed by atoms with Gasteiger partial charge in [-0.1, -0.05) is 11.6 Å². The smallest absolute Gasteiger partial charge is 0.335 e. The number of sulfonamides is 1. The molecule has 9 heteroatoms. The summed E-state index contributed by atoms with van der Waals surface area (Å²) >= 11 is 5.84. The first kappa shape index (κ1) is 17.7. The summed E-state index contributed by atoms with van der Waals surface area (Å²) in [5, 5.41) is 9.08. The summed E-state index contributed by atoms with van der Waals surface area (Å²) in [6.07, 6.45) is 0.519. The van der Waals surface area contributed by atoms with Gasteiger partial charge in [0.25, 0.3) is 0 Å². The normalized spacial score (nSPS) is 16.9. The summed E-state index contributed by atoms with van der Waals surface area (Å²) in [7, 11) is -3.87. The molecule has 1 aliphatic heterocycles. The molecule has 126 valence electrons. The number of carbonyl (C=O) groups is 2. The molecule has 1 fully saturated rings. The molecule has 1 aromatic carbocycles. The van der Waals surface area contributed by atoms with Crippen molar-refractivity contribution in [3.63, 3.8) is 0 Å². The third-order valence-corrected chi connectivity index (χ3v) is 5.75. The Balaban J connectivity index is 2.31. The van der Waals surface area contributed by atoms with E-state index in [1.54, 1.807) is 4.90 Å². The van der Waals surface area contributed by atoms with Crippen molar-refractivity contribution in [1.29, 1.82) is 0 Å². The maximum absolute atomic E-state index is 12.7. The topological polar surface area (TPSA) is 95.0 Å². The number of halogens is 1. The van der Waals surface area contributed by atoms with Gasteiger partial charge in [0, 0.05) is 38.1 Å². The van der Waals surface area contributed by atoms with Crippen molar-refractivity contribution in [3.8, 4) is 0 Å². The predicted octanol–water partition coefficient (Wildman–Crippen LogP) is 1.28. The van der Waals surface area contributed by atoms with E-state index in [2.05, 4.69) is 0 Å². The molecule has 0 saturated carbocycles. The standard InChI is InChI=1S/C14H17ClN2O5S/c1-10(18)16-3-2-4-17(6-5-16)23(21,22)13-8-11(14(19)20)7-12(15)9-13/h7-9H,2-6H2,1H3,(H,19,20). The second-order valence-corrected chi connectivity index (χ2v) is 7.62. The van der Waals surface area contributed by atoms with Gasteiger partial charge in [-0.05, 0) is 24.6 Å². The number of nitrogens with zero attached hydrogens (tertiary/aromatic N) is 2. The first-order chi connectivity index (χ1) is 10.7. The lowest BCUT2D eigenvalue weighted by Gasteiger charge is -2.21. The Morgan fingerprint density at radius 1 is 1.13 bits per heavy atom. The molecule has 1 heterocycles. The first-order valence-electron chi connectivity index (χ1n) is 7.01. The number of carboxylic acids is 1. The Morgan fingerprint density at radius 2 is 1.83 bits per heavy atom. The zero-order valence-electron chi connectivity index (χ0n) is 12.5. The minimum Gasteiger partial charge on any atom is -0.478 e. The lowest BCUT2D eigenvalue weighted by Crippen LogP contribution is -2.36. The van der Waals surface area contributed by atoms with E-state index in [1.807, 2.05) is 0 Å². The predicted molar refractivity (Wildman–Crippen MR) is 84.0 cm³/mol. The Hall–Kier alpha value is -1.64. The molecular weight excluding hydrogens is 344 g/mol. The van der Waals surface area contributed by atoms with Gasteiger partial charge >= 0.3 is 5.97 Å². The highest BCUT2D eigenvalue weighted by Gasteiger charge is 2.28. The second-order valence-electron chi connectivity index (χ2n) is 5.24. The fraction of sp³-hybridized carbons (Fsp3) is 0.429. The molecule has 7 nitrogen and oxygen atoms in total. The molecule has 1 aliphatic rings. The number of amides is 1. The second kappa shape index (κ2) is 6.86. The van der Waals surface area contributed by atoms with E-state index in [1.165, 1.54) is 23.4 Å². The maximum atomic E-state index is 12.7. The van der Waals surface area contributed by atoms with E-state index >= 15 is 0 Å². The fourth-order valence-corrected chi connectivity index (χ4v) is 4.27. The van der Waals surface area contributed by atoms with Gasteiger partial charge in [-0.15, -0.1) is 0 Å². The number of benzene rings is 1. The van der Waals surface area contributed by atoms with Crippen molar-refractivity contribution in [1.82, 2.24) is 9.21 Å². The van der Waals surface area contributed by atoms with Crippen molar-refractivity contribution in [2.75, 3.05) is 26.2 Å². The molecule has 0 radical (unpaired) electrons. The van der Waals surface area contributed by atoms with Gasteiger partial charge in [-0.3, -0.25) is 4.79 Å². The fourth-order valence-electron chi connectivity index (χ4n) is 2.43. The summed E-state index contributed by atoms with van der Waals surface area (Å²) in [5.41, 5.74) is -0.184. The van der Waals surface area contributed by atoms with Crippen LogP contribution in [0.4, 0.5) is 0 Å². The van der Waals surface area contributed by atoms with Crippen LogP contribution in [0.3, 0.4) is 0 Å². The van der Waals surface area contributed by atoms with Gasteiger partial charge in [-0.25, -0.2) is 13.2 Å². The van der Waals surface area contributed by atoms with Crippen LogP contribution in [0.15, 0.2) is 23.1 Å². The number of aromatic carboxylic acids is 1. The molecule has 23 heavy (non-hydrogen) atoms. The first-order valence-corrected chi connectivity index (χ1v) is 8.83. The number of rotatable bonds is 3. The van der Waals surface area contributed by atoms with Crippen LogP contribution in [-0.2, 0) is 14.8 Å². The van der Waals surface area contributed by atoms with Crippen LogP contribution in [0.2, 0.25) is 5.02 Å². The highest BCUT2D eigenvalue weighted by Crippen LogP contribution is 2.23. The van der Waals surface area contributed by atoms with Crippen molar-refractivity contribution in [2.45, 2.75) is 18.2 Å². The minimum atomic E-state index is -3.87. The summed E-state index contributed by atoms with van der Waals surface area (Å²) in [6, 6.07) is 3.52. The van der Waals surface area contributed by atoms with Gasteiger partial charge in [0.15, 0.2) is 0 Å². The van der Waals surface area contributed by atoms with E-state index in [9.17, 15) is 18.0 Å². The van der Waals surface area contributed by atoms with Gasteiger partial charge < -0.3 is 10.0 Å². The van der Waals surface area contributed by atoms with Crippen LogP contribution < -0.4 is 0 Å². The Bertz CT molecular complexity index is 735. The van der Waals surface area contributed by atoms with Crippen molar-refractivity contribution >= 4 is 33.5 Å². The third-order valence-electron chi connectivity index (χ3n) is 3.66. The highest BCUT2D eigenvalue weighted by atomic mass is 35.5. The van der Waals surface area contributed by atoms with Crippen molar-refractivity contribution in [3.05, 3.63) is 28.8 Å². The number of carbonyl (C=O) groups excluding carboxylic acids is 1. The van der Waals surface area contributed by atoms with Crippen LogP contribution >= 0.6 is 11.6 Å². The molecule has 0 aromatic heterocycles. The molecule has 1 N–H and O–H groups in total. The average molecular weight is 361 g/mol. The number of carboxylic acid groups (broad SMARTS) is 1. The van der Waals surface area contributed by atoms with E-state index in [0.29, 0.717) is 19.5 Å². The van der Waals surface area contributed by atoms with Crippen LogP contribution in [0.5, 0.6) is 0 Å². The summed E-state index contributed by atoms with van der Waals surface area (Å²) in [6.45, 7) is 2.68. The molecule has 1 saturated heterocycles. The van der Waals surface area contributed by atoms with Crippen LogP contribution in [0.1, 0.15) is 23.7 Å². The quantitative estimate of drug-likeness (QED) is 0.876. The molecule has 2 rings (SSSR count). The van der Waals surface area contributed by atoms with E-state index in [-0.39, 0.29) is 34.5 Å². The Morgan fingerprint density at radius 3 is 2.43 bits per heavy atom. The lowest BCUT2D eigenvalue weighted by atomic mass is 10.2. The summed E-state index contributed by atoms with van der Waals surface area (Å²) in [4.78, 5) is 23.9. The van der Waals surface area contributed by atoms with Crippen molar-refractivity contribution < 1.29 is 23.1 Å². The average Bonchev–Trinajstić information content (AvgIpc) is 2.72. The zero-order valence-corrected chi connectivity index (χ0v) is 14.1. The largest absolute Gasteiger partial charge is 0.478 e. The maximum Gasteiger partial charge on any atom is 0.335 e. The van der Waals surface area contributed by atoms with Gasteiger partial charge in [0.1, 0.15) is 0 Å². The lowest BCUT2D eigenvalue weighted by molar-refractivity contribution is -0.128. The van der Waals surface area contributed by atoms with Crippen LogP contribution in [0, 0.1) is 0 Å². The van der Waals surface area contributed by atoms with E-state index < -0.39 is 16.0 Å². The SMILES string of the molecule is CC(=O)N1CCCN(S(=O)(=O)c2cc(Cl)cc(C(=O)O)c2)CC1. The van der Waals surface area contributed by atoms with Gasteiger partial charge in [-0.2, -0.15) is 4.31 Å². The zero-order chi connectivity index (χ0) is 17.2. The molecule has 1 amide bonds. The molecule has 1 aromatic rings. The van der Waals surface area contributed by atoms with E-state index in [0.717, 1.165) is 6.07 Å². The number of hydrogen-bond donors (Lipinski definition) is 1. The summed E-state index contributed by atoms with van der Waals surface area (Å²) < 4.78 is 26.7. The number of hydrogen-bond acceptors (Lipinski definition) is 4. The molecule has 0 unspecified atom stereocenters. The third kappa shape index (κ3) is 4.01. The molecule has 0 atom stereocenters. The monoisotopic (exact) mass is 360 g/mol. The van der Waals surface area contributed by atoms with Gasteiger partial charge in [0.2, 0.25) is 15.9 Å². The molecule has 0 spiro atoms.